The fraction of sp³-hybridized carbons (Fsp3) is 0.360. The molecule has 1 saturated carbocycles. The molecule has 2 aliphatic rings. The normalized spacial score (nSPS) is 21.7. The molecular formula is C25H27ClN2O3. The van der Waals surface area contributed by atoms with Crippen molar-refractivity contribution < 1.29 is 14.3 Å². The highest BCUT2D eigenvalue weighted by Crippen LogP contribution is 2.40. The highest BCUT2D eigenvalue weighted by molar-refractivity contribution is 6.30. The van der Waals surface area contributed by atoms with Gasteiger partial charge in [0.05, 0.1) is 13.5 Å². The molecule has 31 heavy (non-hydrogen) atoms. The van der Waals surface area contributed by atoms with Crippen LogP contribution in [0.2, 0.25) is 5.02 Å². The maximum atomic E-state index is 13.6. The Labute approximate surface area is 188 Å². The minimum atomic E-state index is -1.08. The third kappa shape index (κ3) is 4.33. The number of benzene rings is 2. The number of ether oxygens (including phenoxy) is 1. The average Bonchev–Trinajstić information content (AvgIpc) is 2.78. The molecule has 1 saturated heterocycles. The van der Waals surface area contributed by atoms with Crippen LogP contribution in [0.1, 0.15) is 44.1 Å². The summed E-state index contributed by atoms with van der Waals surface area (Å²) in [5, 5.41) is 3.80. The van der Waals surface area contributed by atoms with Gasteiger partial charge in [-0.2, -0.15) is 0 Å². The van der Waals surface area contributed by atoms with Gasteiger partial charge in [-0.3, -0.25) is 14.5 Å². The Hall–Kier alpha value is -2.79. The number of carbonyl (C=O) groups is 2. The lowest BCUT2D eigenvalue weighted by molar-refractivity contribution is -0.137. The van der Waals surface area contributed by atoms with E-state index in [2.05, 4.69) is 5.32 Å². The van der Waals surface area contributed by atoms with Crippen LogP contribution in [-0.4, -0.2) is 30.5 Å². The first kappa shape index (κ1) is 21.4. The highest BCUT2D eigenvalue weighted by atomic mass is 35.5. The van der Waals surface area contributed by atoms with Crippen molar-refractivity contribution in [2.75, 3.05) is 12.0 Å². The summed E-state index contributed by atoms with van der Waals surface area (Å²) in [6.45, 7) is 0. The van der Waals surface area contributed by atoms with Crippen molar-refractivity contribution in [3.05, 3.63) is 65.2 Å². The Bertz CT molecular complexity index is 983. The Balaban J connectivity index is 1.69. The molecule has 0 bridgehead atoms. The average molecular weight is 439 g/mol. The second-order valence-corrected chi connectivity index (χ2v) is 8.63. The molecule has 1 N–H and O–H groups in total. The summed E-state index contributed by atoms with van der Waals surface area (Å²) in [5.74, 6) is 0.483. The molecule has 2 aromatic carbocycles. The summed E-state index contributed by atoms with van der Waals surface area (Å²) in [7, 11) is 1.62. The molecule has 0 spiro atoms. The lowest BCUT2D eigenvalue weighted by Gasteiger charge is -2.49. The van der Waals surface area contributed by atoms with Crippen LogP contribution in [-0.2, 0) is 9.59 Å². The van der Waals surface area contributed by atoms with E-state index >= 15 is 0 Å². The van der Waals surface area contributed by atoms with E-state index in [1.807, 2.05) is 36.4 Å². The van der Waals surface area contributed by atoms with E-state index < -0.39 is 5.54 Å². The summed E-state index contributed by atoms with van der Waals surface area (Å²) >= 11 is 6.04. The number of hydrogen-bond acceptors (Lipinski definition) is 3. The van der Waals surface area contributed by atoms with Crippen molar-refractivity contribution >= 4 is 35.2 Å². The first-order valence-corrected chi connectivity index (χ1v) is 11.1. The van der Waals surface area contributed by atoms with E-state index in [0.29, 0.717) is 16.5 Å². The summed E-state index contributed by atoms with van der Waals surface area (Å²) in [6.07, 6.45) is 9.23. The molecule has 1 atom stereocenters. The van der Waals surface area contributed by atoms with Crippen LogP contribution in [0.3, 0.4) is 0 Å². The largest absolute Gasteiger partial charge is 0.496 e. The van der Waals surface area contributed by atoms with E-state index in [9.17, 15) is 9.59 Å². The zero-order chi connectivity index (χ0) is 21.8. The smallest absolute Gasteiger partial charge is 0.251 e. The zero-order valence-electron chi connectivity index (χ0n) is 17.6. The first-order chi connectivity index (χ1) is 15.0. The standard InChI is InChI=1S/C25H27ClN2O3/c1-31-22-10-6-5-7-18(22)15-16-25(24(30)27-20-8-3-2-4-9-20)17-23(29)28(25)21-13-11-19(26)12-14-21/h5-7,10-16,20H,2-4,8-9,17H2,1H3,(H,27,30). The summed E-state index contributed by atoms with van der Waals surface area (Å²) in [4.78, 5) is 27.9. The predicted octanol–water partition coefficient (Wildman–Crippen LogP) is 4.99. The van der Waals surface area contributed by atoms with Gasteiger partial charge in [-0.1, -0.05) is 55.1 Å². The number of carbonyl (C=O) groups excluding carboxylic acids is 2. The van der Waals surface area contributed by atoms with Crippen LogP contribution in [0, 0.1) is 0 Å². The second kappa shape index (κ2) is 9.15. The molecule has 162 valence electrons. The lowest BCUT2D eigenvalue weighted by Crippen LogP contribution is -2.70. The third-order valence-electron chi connectivity index (χ3n) is 6.17. The number of methoxy groups -OCH3 is 1. The maximum Gasteiger partial charge on any atom is 0.251 e. The Morgan fingerprint density at radius 3 is 2.52 bits per heavy atom. The van der Waals surface area contributed by atoms with E-state index in [0.717, 1.165) is 31.2 Å². The van der Waals surface area contributed by atoms with Gasteiger partial charge >= 0.3 is 0 Å². The van der Waals surface area contributed by atoms with Gasteiger partial charge in [-0.15, -0.1) is 0 Å². The fourth-order valence-corrected chi connectivity index (χ4v) is 4.59. The van der Waals surface area contributed by atoms with Crippen molar-refractivity contribution in [3.63, 3.8) is 0 Å². The van der Waals surface area contributed by atoms with Gasteiger partial charge < -0.3 is 10.1 Å². The van der Waals surface area contributed by atoms with E-state index in [4.69, 9.17) is 16.3 Å². The van der Waals surface area contributed by atoms with Gasteiger partial charge in [0.25, 0.3) is 5.91 Å². The molecule has 0 aromatic heterocycles. The predicted molar refractivity (Wildman–Crippen MR) is 123 cm³/mol. The fourth-order valence-electron chi connectivity index (χ4n) is 4.46. The minimum absolute atomic E-state index is 0.0919. The van der Waals surface area contributed by atoms with Gasteiger partial charge in [0.15, 0.2) is 5.54 Å². The molecule has 4 rings (SSSR count). The van der Waals surface area contributed by atoms with Crippen LogP contribution >= 0.6 is 11.6 Å². The third-order valence-corrected chi connectivity index (χ3v) is 6.42. The van der Waals surface area contributed by atoms with Gasteiger partial charge in [0, 0.05) is 22.3 Å². The van der Waals surface area contributed by atoms with Crippen LogP contribution < -0.4 is 15.0 Å². The van der Waals surface area contributed by atoms with E-state index in [-0.39, 0.29) is 24.3 Å². The number of rotatable bonds is 6. The van der Waals surface area contributed by atoms with Crippen LogP contribution in [0.25, 0.3) is 6.08 Å². The Morgan fingerprint density at radius 1 is 1.13 bits per heavy atom. The molecule has 2 amide bonds. The van der Waals surface area contributed by atoms with Gasteiger partial charge in [-0.25, -0.2) is 0 Å². The molecular weight excluding hydrogens is 412 g/mol. The minimum Gasteiger partial charge on any atom is -0.496 e. The maximum absolute atomic E-state index is 13.6. The van der Waals surface area contributed by atoms with E-state index in [1.54, 1.807) is 36.3 Å². The van der Waals surface area contributed by atoms with Crippen molar-refractivity contribution in [2.24, 2.45) is 0 Å². The Kier molecular flexibility index (Phi) is 6.33. The molecule has 1 unspecified atom stereocenters. The monoisotopic (exact) mass is 438 g/mol. The quantitative estimate of drug-likeness (QED) is 0.646. The SMILES string of the molecule is COc1ccccc1C=CC1(C(=O)NC2CCCCC2)CC(=O)N1c1ccc(Cl)cc1. The molecule has 2 fully saturated rings. The van der Waals surface area contributed by atoms with Crippen molar-refractivity contribution in [3.8, 4) is 5.75 Å². The van der Waals surface area contributed by atoms with Gasteiger partial charge in [-0.05, 0) is 49.2 Å². The van der Waals surface area contributed by atoms with Crippen LogP contribution in [0.5, 0.6) is 5.75 Å². The zero-order valence-corrected chi connectivity index (χ0v) is 18.4. The number of β-lactam (4-membered cyclic amide) rings is 1. The number of anilines is 1. The summed E-state index contributed by atoms with van der Waals surface area (Å²) < 4.78 is 5.44. The molecule has 1 aliphatic carbocycles. The van der Waals surface area contributed by atoms with Crippen LogP contribution in [0.15, 0.2) is 54.6 Å². The lowest BCUT2D eigenvalue weighted by atomic mass is 9.80. The number of halogens is 1. The summed E-state index contributed by atoms with van der Waals surface area (Å²) in [5.41, 5.74) is 0.429. The summed E-state index contributed by atoms with van der Waals surface area (Å²) in [6, 6.07) is 14.8. The molecule has 1 heterocycles. The van der Waals surface area contributed by atoms with Gasteiger partial charge in [0.1, 0.15) is 5.75 Å². The van der Waals surface area contributed by atoms with Crippen molar-refractivity contribution in [1.82, 2.24) is 5.32 Å². The highest BCUT2D eigenvalue weighted by Gasteiger charge is 2.55. The van der Waals surface area contributed by atoms with Crippen molar-refractivity contribution in [2.45, 2.75) is 50.1 Å². The molecule has 6 heteroatoms. The number of para-hydroxylation sites is 1. The number of hydrogen-bond donors (Lipinski definition) is 1. The number of amides is 2. The first-order valence-electron chi connectivity index (χ1n) is 10.8. The topological polar surface area (TPSA) is 58.6 Å². The molecule has 5 nitrogen and oxygen atoms in total. The number of nitrogens with zero attached hydrogens (tertiary/aromatic N) is 1. The van der Waals surface area contributed by atoms with Crippen molar-refractivity contribution in [1.29, 1.82) is 0 Å². The second-order valence-electron chi connectivity index (χ2n) is 8.19. The Morgan fingerprint density at radius 2 is 1.84 bits per heavy atom. The van der Waals surface area contributed by atoms with E-state index in [1.165, 1.54) is 6.42 Å². The van der Waals surface area contributed by atoms with Crippen LogP contribution in [0.4, 0.5) is 5.69 Å². The number of nitrogens with one attached hydrogen (secondary N) is 1. The van der Waals surface area contributed by atoms with Gasteiger partial charge in [0.2, 0.25) is 5.91 Å². The molecule has 0 radical (unpaired) electrons. The molecule has 1 aliphatic heterocycles. The molecule has 2 aromatic rings.